The Balaban J connectivity index is 1.80. The molecule has 1 aromatic carbocycles. The fourth-order valence-electron chi connectivity index (χ4n) is 2.85. The van der Waals surface area contributed by atoms with Crippen molar-refractivity contribution >= 4 is 11.3 Å². The molecule has 0 aliphatic carbocycles. The van der Waals surface area contributed by atoms with E-state index in [-0.39, 0.29) is 6.04 Å². The molecule has 0 saturated heterocycles. The number of nitrogens with zero attached hydrogens (tertiary/aromatic N) is 1. The Hall–Kier alpha value is -1.23. The van der Waals surface area contributed by atoms with Gasteiger partial charge in [-0.1, -0.05) is 24.3 Å². The van der Waals surface area contributed by atoms with Crippen LogP contribution in [0.5, 0.6) is 0 Å². The number of aromatic nitrogens is 1. The number of fused-ring (bicyclic) bond motifs is 1. The zero-order valence-electron chi connectivity index (χ0n) is 12.1. The molecule has 2 atom stereocenters. The summed E-state index contributed by atoms with van der Waals surface area (Å²) in [5.41, 5.74) is 3.79. The monoisotopic (exact) mass is 288 g/mol. The average molecular weight is 288 g/mol. The van der Waals surface area contributed by atoms with E-state index >= 15 is 0 Å². The van der Waals surface area contributed by atoms with E-state index in [1.165, 1.54) is 16.0 Å². The smallest absolute Gasteiger partial charge is 0.0900 e. The standard InChI is InChI=1S/C16H20N2OS/c1-10-16(20-12(3)17-10)11(2)18-15-9-19-8-13-6-4-5-7-14(13)15/h4-7,11,15,18H,8-9H2,1-3H3. The highest BCUT2D eigenvalue weighted by Crippen LogP contribution is 2.30. The van der Waals surface area contributed by atoms with E-state index in [4.69, 9.17) is 4.74 Å². The molecule has 2 heterocycles. The minimum Gasteiger partial charge on any atom is -0.375 e. The largest absolute Gasteiger partial charge is 0.375 e. The third-order valence-corrected chi connectivity index (χ3v) is 5.01. The van der Waals surface area contributed by atoms with Crippen molar-refractivity contribution < 1.29 is 4.74 Å². The van der Waals surface area contributed by atoms with Gasteiger partial charge in [-0.05, 0) is 31.9 Å². The Morgan fingerprint density at radius 2 is 2.15 bits per heavy atom. The minimum absolute atomic E-state index is 0.261. The maximum absolute atomic E-state index is 5.71. The number of hydrogen-bond donors (Lipinski definition) is 1. The molecule has 0 fully saturated rings. The maximum Gasteiger partial charge on any atom is 0.0900 e. The molecule has 2 aromatic rings. The molecule has 0 radical (unpaired) electrons. The lowest BCUT2D eigenvalue weighted by Crippen LogP contribution is -2.31. The molecule has 1 aliphatic heterocycles. The van der Waals surface area contributed by atoms with Crippen LogP contribution in [-0.4, -0.2) is 11.6 Å². The summed E-state index contributed by atoms with van der Waals surface area (Å²) < 4.78 is 5.71. The van der Waals surface area contributed by atoms with Crippen molar-refractivity contribution in [3.63, 3.8) is 0 Å². The van der Waals surface area contributed by atoms with Gasteiger partial charge in [-0.25, -0.2) is 4.98 Å². The van der Waals surface area contributed by atoms with Crippen LogP contribution in [0.25, 0.3) is 0 Å². The second-order valence-electron chi connectivity index (χ2n) is 5.34. The first-order valence-corrected chi connectivity index (χ1v) is 7.82. The second kappa shape index (κ2) is 5.64. The van der Waals surface area contributed by atoms with Crippen molar-refractivity contribution in [3.8, 4) is 0 Å². The molecule has 0 spiro atoms. The van der Waals surface area contributed by atoms with Crippen LogP contribution in [0.4, 0.5) is 0 Å². The molecule has 1 aliphatic rings. The van der Waals surface area contributed by atoms with Crippen molar-refractivity contribution in [2.45, 2.75) is 39.5 Å². The highest BCUT2D eigenvalue weighted by Gasteiger charge is 2.23. The van der Waals surface area contributed by atoms with E-state index in [0.29, 0.717) is 6.04 Å². The fourth-order valence-corrected chi connectivity index (χ4v) is 3.79. The predicted octanol–water partition coefficient (Wildman–Crippen LogP) is 3.68. The zero-order chi connectivity index (χ0) is 14.1. The summed E-state index contributed by atoms with van der Waals surface area (Å²) in [4.78, 5) is 5.84. The van der Waals surface area contributed by atoms with Gasteiger partial charge in [0.05, 0.1) is 30.0 Å². The molecule has 106 valence electrons. The molecule has 2 unspecified atom stereocenters. The van der Waals surface area contributed by atoms with Gasteiger partial charge in [0.15, 0.2) is 0 Å². The van der Waals surface area contributed by atoms with E-state index < -0.39 is 0 Å². The summed E-state index contributed by atoms with van der Waals surface area (Å²) in [7, 11) is 0. The van der Waals surface area contributed by atoms with Gasteiger partial charge in [0.1, 0.15) is 0 Å². The lowest BCUT2D eigenvalue weighted by Gasteiger charge is -2.29. The minimum atomic E-state index is 0.261. The molecule has 3 rings (SSSR count). The maximum atomic E-state index is 5.71. The van der Waals surface area contributed by atoms with Crippen LogP contribution in [0.15, 0.2) is 24.3 Å². The number of aryl methyl sites for hydroxylation is 2. The normalized spacial score (nSPS) is 19.6. The highest BCUT2D eigenvalue weighted by molar-refractivity contribution is 7.11. The van der Waals surface area contributed by atoms with Crippen LogP contribution in [0.2, 0.25) is 0 Å². The molecule has 0 saturated carbocycles. The molecular formula is C16H20N2OS. The number of rotatable bonds is 3. The second-order valence-corrected chi connectivity index (χ2v) is 6.57. The first-order valence-electron chi connectivity index (χ1n) is 7.00. The quantitative estimate of drug-likeness (QED) is 0.935. The van der Waals surface area contributed by atoms with Crippen LogP contribution < -0.4 is 5.32 Å². The lowest BCUT2D eigenvalue weighted by atomic mass is 9.98. The van der Waals surface area contributed by atoms with Crippen LogP contribution in [0, 0.1) is 13.8 Å². The number of hydrogen-bond acceptors (Lipinski definition) is 4. The number of ether oxygens (including phenoxy) is 1. The number of thiazole rings is 1. The summed E-state index contributed by atoms with van der Waals surface area (Å²) in [6.45, 7) is 7.81. The van der Waals surface area contributed by atoms with E-state index in [2.05, 4.69) is 55.3 Å². The highest BCUT2D eigenvalue weighted by atomic mass is 32.1. The van der Waals surface area contributed by atoms with Gasteiger partial charge in [0.2, 0.25) is 0 Å². The Bertz CT molecular complexity index is 608. The molecule has 1 aromatic heterocycles. The molecule has 20 heavy (non-hydrogen) atoms. The fraction of sp³-hybridized carbons (Fsp3) is 0.438. The van der Waals surface area contributed by atoms with Gasteiger partial charge in [-0.3, -0.25) is 0 Å². The van der Waals surface area contributed by atoms with Crippen molar-refractivity contribution in [2.75, 3.05) is 6.61 Å². The number of nitrogens with one attached hydrogen (secondary N) is 1. The lowest BCUT2D eigenvalue weighted by molar-refractivity contribution is 0.0792. The molecule has 0 amide bonds. The first kappa shape index (κ1) is 13.7. The Morgan fingerprint density at radius 3 is 2.90 bits per heavy atom. The summed E-state index contributed by atoms with van der Waals surface area (Å²) in [6, 6.07) is 9.08. The van der Waals surface area contributed by atoms with Crippen LogP contribution in [0.1, 0.15) is 45.7 Å². The third-order valence-electron chi connectivity index (χ3n) is 3.76. The van der Waals surface area contributed by atoms with E-state index in [1.54, 1.807) is 11.3 Å². The van der Waals surface area contributed by atoms with Crippen LogP contribution >= 0.6 is 11.3 Å². The average Bonchev–Trinajstić information content (AvgIpc) is 2.78. The zero-order valence-corrected chi connectivity index (χ0v) is 13.0. The topological polar surface area (TPSA) is 34.2 Å². The molecule has 3 nitrogen and oxygen atoms in total. The van der Waals surface area contributed by atoms with E-state index in [0.717, 1.165) is 23.9 Å². The summed E-state index contributed by atoms with van der Waals surface area (Å²) in [5, 5.41) is 4.82. The van der Waals surface area contributed by atoms with Gasteiger partial charge in [0.25, 0.3) is 0 Å². The Kier molecular flexibility index (Phi) is 3.87. The summed E-state index contributed by atoms with van der Waals surface area (Å²) in [5.74, 6) is 0. The van der Waals surface area contributed by atoms with E-state index in [1.807, 2.05) is 0 Å². The van der Waals surface area contributed by atoms with Gasteiger partial charge >= 0.3 is 0 Å². The first-order chi connectivity index (χ1) is 9.65. The SMILES string of the molecule is Cc1nc(C)c(C(C)NC2COCc3ccccc32)s1. The van der Waals surface area contributed by atoms with Crippen LogP contribution in [-0.2, 0) is 11.3 Å². The molecule has 1 N–H and O–H groups in total. The van der Waals surface area contributed by atoms with Gasteiger partial charge in [-0.2, -0.15) is 0 Å². The van der Waals surface area contributed by atoms with Crippen LogP contribution in [0.3, 0.4) is 0 Å². The Labute approximate surface area is 124 Å². The van der Waals surface area contributed by atoms with E-state index in [9.17, 15) is 0 Å². The predicted molar refractivity (Wildman–Crippen MR) is 82.0 cm³/mol. The van der Waals surface area contributed by atoms with Gasteiger partial charge < -0.3 is 10.1 Å². The molecule has 4 heteroatoms. The summed E-state index contributed by atoms with van der Waals surface area (Å²) >= 11 is 1.78. The van der Waals surface area contributed by atoms with Crippen molar-refractivity contribution in [3.05, 3.63) is 51.0 Å². The third kappa shape index (κ3) is 2.64. The molecule has 0 bridgehead atoms. The van der Waals surface area contributed by atoms with Crippen molar-refractivity contribution in [2.24, 2.45) is 0 Å². The van der Waals surface area contributed by atoms with Gasteiger partial charge in [0, 0.05) is 10.9 Å². The summed E-state index contributed by atoms with van der Waals surface area (Å²) in [6.07, 6.45) is 0. The Morgan fingerprint density at radius 1 is 1.35 bits per heavy atom. The van der Waals surface area contributed by atoms with Gasteiger partial charge in [-0.15, -0.1) is 11.3 Å². The number of benzene rings is 1. The van der Waals surface area contributed by atoms with Crippen molar-refractivity contribution in [1.82, 2.24) is 10.3 Å². The van der Waals surface area contributed by atoms with Crippen molar-refractivity contribution in [1.29, 1.82) is 0 Å². The molecular weight excluding hydrogens is 268 g/mol.